The first-order chi connectivity index (χ1) is 11.2. The molecular weight excluding hydrogens is 298 g/mol. The van der Waals surface area contributed by atoms with Crippen LogP contribution in [0.15, 0.2) is 42.5 Å². The topological polar surface area (TPSA) is 66.0 Å². The Bertz CT molecular complexity index is 655. The Labute approximate surface area is 134 Å². The molecule has 2 aromatic rings. The molecule has 1 amide bonds. The number of rotatable bonds is 7. The number of ether oxygens (including phenoxy) is 4. The molecule has 0 fully saturated rings. The van der Waals surface area contributed by atoms with Crippen LogP contribution in [0.4, 0.5) is 5.69 Å². The van der Waals surface area contributed by atoms with E-state index in [1.807, 2.05) is 0 Å². The minimum atomic E-state index is -0.288. The van der Waals surface area contributed by atoms with Crippen LogP contribution >= 0.6 is 0 Å². The molecule has 0 spiro atoms. The number of hydrogen-bond acceptors (Lipinski definition) is 5. The van der Waals surface area contributed by atoms with E-state index in [-0.39, 0.29) is 12.5 Å². The molecule has 122 valence electrons. The maximum absolute atomic E-state index is 12.0. The lowest BCUT2D eigenvalue weighted by atomic mass is 10.2. The molecule has 0 aliphatic rings. The highest BCUT2D eigenvalue weighted by atomic mass is 16.5. The van der Waals surface area contributed by atoms with Crippen LogP contribution in [-0.2, 0) is 4.79 Å². The predicted molar refractivity (Wildman–Crippen MR) is 86.7 cm³/mol. The van der Waals surface area contributed by atoms with Gasteiger partial charge in [0.1, 0.15) is 23.0 Å². The van der Waals surface area contributed by atoms with Gasteiger partial charge in [-0.3, -0.25) is 4.79 Å². The van der Waals surface area contributed by atoms with Gasteiger partial charge < -0.3 is 24.3 Å². The van der Waals surface area contributed by atoms with Gasteiger partial charge in [-0.1, -0.05) is 0 Å². The van der Waals surface area contributed by atoms with Gasteiger partial charge in [0.2, 0.25) is 0 Å². The Balaban J connectivity index is 1.93. The quantitative estimate of drug-likeness (QED) is 0.850. The van der Waals surface area contributed by atoms with Crippen LogP contribution in [0.2, 0.25) is 0 Å². The molecule has 6 nitrogen and oxygen atoms in total. The van der Waals surface area contributed by atoms with Gasteiger partial charge >= 0.3 is 0 Å². The number of methoxy groups -OCH3 is 3. The molecule has 6 heteroatoms. The van der Waals surface area contributed by atoms with Crippen LogP contribution < -0.4 is 24.3 Å². The van der Waals surface area contributed by atoms with Gasteiger partial charge in [0.05, 0.1) is 27.0 Å². The molecule has 0 heterocycles. The molecule has 2 rings (SSSR count). The summed E-state index contributed by atoms with van der Waals surface area (Å²) in [5.41, 5.74) is 0.552. The summed E-state index contributed by atoms with van der Waals surface area (Å²) in [6.45, 7) is -0.110. The fourth-order valence-corrected chi connectivity index (χ4v) is 1.91. The summed E-state index contributed by atoms with van der Waals surface area (Å²) in [4.78, 5) is 12.0. The third kappa shape index (κ3) is 4.54. The van der Waals surface area contributed by atoms with Crippen LogP contribution in [0.25, 0.3) is 0 Å². The molecule has 23 heavy (non-hydrogen) atoms. The number of benzene rings is 2. The van der Waals surface area contributed by atoms with Crippen molar-refractivity contribution in [2.75, 3.05) is 33.3 Å². The van der Waals surface area contributed by atoms with Crippen molar-refractivity contribution in [2.24, 2.45) is 0 Å². The number of amides is 1. The average molecular weight is 317 g/mol. The molecule has 1 N–H and O–H groups in total. The zero-order chi connectivity index (χ0) is 16.7. The van der Waals surface area contributed by atoms with E-state index in [4.69, 9.17) is 18.9 Å². The van der Waals surface area contributed by atoms with Crippen molar-refractivity contribution < 1.29 is 23.7 Å². The van der Waals surface area contributed by atoms with E-state index >= 15 is 0 Å². The van der Waals surface area contributed by atoms with E-state index in [0.29, 0.717) is 22.9 Å². The van der Waals surface area contributed by atoms with E-state index in [0.717, 1.165) is 5.75 Å². The second-order valence-electron chi connectivity index (χ2n) is 4.58. The Morgan fingerprint density at radius 1 is 0.870 bits per heavy atom. The fraction of sp³-hybridized carbons (Fsp3) is 0.235. The van der Waals surface area contributed by atoms with Crippen molar-refractivity contribution >= 4 is 11.6 Å². The summed E-state index contributed by atoms with van der Waals surface area (Å²) < 4.78 is 20.8. The van der Waals surface area contributed by atoms with Gasteiger partial charge in [-0.2, -0.15) is 0 Å². The van der Waals surface area contributed by atoms with Gasteiger partial charge in [-0.15, -0.1) is 0 Å². The van der Waals surface area contributed by atoms with Crippen molar-refractivity contribution in [1.82, 2.24) is 0 Å². The molecule has 0 unspecified atom stereocenters. The minimum absolute atomic E-state index is 0.110. The monoisotopic (exact) mass is 317 g/mol. The first-order valence-corrected chi connectivity index (χ1v) is 6.95. The first kappa shape index (κ1) is 16.5. The van der Waals surface area contributed by atoms with Gasteiger partial charge in [0.15, 0.2) is 6.61 Å². The highest BCUT2D eigenvalue weighted by Gasteiger charge is 2.09. The van der Waals surface area contributed by atoms with Crippen LogP contribution in [0.1, 0.15) is 0 Å². The van der Waals surface area contributed by atoms with Gasteiger partial charge in [0.25, 0.3) is 5.91 Å². The van der Waals surface area contributed by atoms with Crippen molar-refractivity contribution in [3.63, 3.8) is 0 Å². The maximum Gasteiger partial charge on any atom is 0.262 e. The highest BCUT2D eigenvalue weighted by molar-refractivity contribution is 5.93. The van der Waals surface area contributed by atoms with Gasteiger partial charge in [-0.25, -0.2) is 0 Å². The van der Waals surface area contributed by atoms with Crippen molar-refractivity contribution in [3.8, 4) is 23.0 Å². The number of anilines is 1. The SMILES string of the molecule is COc1ccc(OCC(=O)Nc2ccc(OC)cc2OC)cc1. The summed E-state index contributed by atoms with van der Waals surface area (Å²) in [5, 5.41) is 2.74. The standard InChI is InChI=1S/C17H19NO5/c1-20-12-4-6-13(7-5-12)23-11-17(19)18-15-9-8-14(21-2)10-16(15)22-3/h4-10H,11H2,1-3H3,(H,18,19). The Hall–Kier alpha value is -2.89. The Morgan fingerprint density at radius 3 is 2.09 bits per heavy atom. The molecule has 0 saturated heterocycles. The average Bonchev–Trinajstić information content (AvgIpc) is 2.60. The third-order valence-electron chi connectivity index (χ3n) is 3.11. The van der Waals surface area contributed by atoms with Crippen LogP contribution in [0, 0.1) is 0 Å². The minimum Gasteiger partial charge on any atom is -0.497 e. The third-order valence-corrected chi connectivity index (χ3v) is 3.11. The van der Waals surface area contributed by atoms with Gasteiger partial charge in [0, 0.05) is 6.07 Å². The molecule has 0 bridgehead atoms. The molecular formula is C17H19NO5. The number of carbonyl (C=O) groups is 1. The molecule has 0 radical (unpaired) electrons. The van der Waals surface area contributed by atoms with Crippen molar-refractivity contribution in [2.45, 2.75) is 0 Å². The fourth-order valence-electron chi connectivity index (χ4n) is 1.91. The summed E-state index contributed by atoms with van der Waals surface area (Å²) in [5.74, 6) is 2.19. The van der Waals surface area contributed by atoms with Crippen LogP contribution in [0.5, 0.6) is 23.0 Å². The second kappa shape index (κ2) is 7.93. The normalized spacial score (nSPS) is 9.87. The highest BCUT2D eigenvalue weighted by Crippen LogP contribution is 2.29. The van der Waals surface area contributed by atoms with Gasteiger partial charge in [-0.05, 0) is 36.4 Å². The lowest BCUT2D eigenvalue weighted by Gasteiger charge is -2.12. The number of nitrogens with one attached hydrogen (secondary N) is 1. The maximum atomic E-state index is 12.0. The molecule has 2 aromatic carbocycles. The van der Waals surface area contributed by atoms with E-state index < -0.39 is 0 Å². The van der Waals surface area contributed by atoms with E-state index in [2.05, 4.69) is 5.32 Å². The smallest absolute Gasteiger partial charge is 0.262 e. The summed E-state index contributed by atoms with van der Waals surface area (Å²) in [7, 11) is 4.68. The zero-order valence-corrected chi connectivity index (χ0v) is 13.3. The predicted octanol–water partition coefficient (Wildman–Crippen LogP) is 2.73. The van der Waals surface area contributed by atoms with Crippen LogP contribution in [0.3, 0.4) is 0 Å². The summed E-state index contributed by atoms with van der Waals surface area (Å²) in [6.07, 6.45) is 0. The molecule has 0 atom stereocenters. The lowest BCUT2D eigenvalue weighted by molar-refractivity contribution is -0.118. The lowest BCUT2D eigenvalue weighted by Crippen LogP contribution is -2.20. The Kier molecular flexibility index (Phi) is 5.68. The molecule has 0 aromatic heterocycles. The summed E-state index contributed by atoms with van der Waals surface area (Å²) >= 11 is 0. The van der Waals surface area contributed by atoms with Crippen LogP contribution in [-0.4, -0.2) is 33.8 Å². The molecule has 0 saturated carbocycles. The zero-order valence-electron chi connectivity index (χ0n) is 13.3. The molecule has 0 aliphatic heterocycles. The van der Waals surface area contributed by atoms with E-state index in [1.54, 1.807) is 56.7 Å². The van der Waals surface area contributed by atoms with Crippen molar-refractivity contribution in [3.05, 3.63) is 42.5 Å². The van der Waals surface area contributed by atoms with Crippen molar-refractivity contribution in [1.29, 1.82) is 0 Å². The summed E-state index contributed by atoms with van der Waals surface area (Å²) in [6, 6.07) is 12.1. The molecule has 0 aliphatic carbocycles. The second-order valence-corrected chi connectivity index (χ2v) is 4.58. The first-order valence-electron chi connectivity index (χ1n) is 6.95. The van der Waals surface area contributed by atoms with E-state index in [1.165, 1.54) is 7.11 Å². The van der Waals surface area contributed by atoms with E-state index in [9.17, 15) is 4.79 Å². The number of hydrogen-bond donors (Lipinski definition) is 1. The largest absolute Gasteiger partial charge is 0.497 e. The number of carbonyl (C=O) groups excluding carboxylic acids is 1. The Morgan fingerprint density at radius 2 is 1.48 bits per heavy atom.